The van der Waals surface area contributed by atoms with Crippen molar-refractivity contribution in [3.8, 4) is 0 Å². The van der Waals surface area contributed by atoms with E-state index < -0.39 is 24.7 Å². The Kier molecular flexibility index (Phi) is 2.78. The molecule has 1 saturated heterocycles. The summed E-state index contributed by atoms with van der Waals surface area (Å²) in [5.74, 6) is 0. The summed E-state index contributed by atoms with van der Waals surface area (Å²) < 4.78 is 22.1. The van der Waals surface area contributed by atoms with Crippen LogP contribution in [-0.2, 0) is 9.47 Å². The Labute approximate surface area is 63.5 Å². The molecule has 1 fully saturated rings. The molecule has 0 aliphatic carbocycles. The van der Waals surface area contributed by atoms with Crippen molar-refractivity contribution in [2.24, 2.45) is 0 Å². The molecule has 0 aromatic heterocycles. The van der Waals surface area contributed by atoms with Gasteiger partial charge in [-0.2, -0.15) is 0 Å². The van der Waals surface area contributed by atoms with Gasteiger partial charge in [-0.15, -0.1) is 0 Å². The largest absolute Gasteiger partial charge is 0.394 e. The van der Waals surface area contributed by atoms with Crippen LogP contribution in [0.15, 0.2) is 0 Å². The second kappa shape index (κ2) is 3.44. The fourth-order valence-corrected chi connectivity index (χ4v) is 1.13. The van der Waals surface area contributed by atoms with Crippen LogP contribution in [0.4, 0.5) is 4.39 Å². The zero-order chi connectivity index (χ0) is 8.43. The molecule has 1 rings (SSSR count). The summed E-state index contributed by atoms with van der Waals surface area (Å²) in [6.45, 7) is -0.351. The van der Waals surface area contributed by atoms with Gasteiger partial charge >= 0.3 is 0 Å². The lowest BCUT2D eigenvalue weighted by Gasteiger charge is -2.14. The standard InChI is InChI=1S/C6H11FO4/c1-10-5-3(2-8)11-6(9)4(5)7/h3-6,8-9H,2H2,1H3/t3-,4+,5-,6+/m1/s1. The summed E-state index contributed by atoms with van der Waals surface area (Å²) in [5.41, 5.74) is 0. The molecule has 4 nitrogen and oxygen atoms in total. The van der Waals surface area contributed by atoms with E-state index in [1.54, 1.807) is 0 Å². The van der Waals surface area contributed by atoms with Gasteiger partial charge in [-0.1, -0.05) is 0 Å². The number of hydrogen-bond acceptors (Lipinski definition) is 4. The van der Waals surface area contributed by atoms with E-state index in [1.807, 2.05) is 0 Å². The molecule has 0 spiro atoms. The van der Waals surface area contributed by atoms with E-state index in [9.17, 15) is 4.39 Å². The molecule has 0 amide bonds. The quantitative estimate of drug-likeness (QED) is 0.555. The van der Waals surface area contributed by atoms with Gasteiger partial charge in [0.1, 0.15) is 12.2 Å². The predicted octanol–water partition coefficient (Wildman–Crippen LogP) is -0.951. The van der Waals surface area contributed by atoms with Gasteiger partial charge in [-0.3, -0.25) is 0 Å². The average Bonchev–Trinajstić information content (AvgIpc) is 2.28. The molecule has 1 heterocycles. The highest BCUT2D eigenvalue weighted by molar-refractivity contribution is 4.86. The van der Waals surface area contributed by atoms with Gasteiger partial charge < -0.3 is 19.7 Å². The molecule has 0 radical (unpaired) electrons. The number of halogens is 1. The van der Waals surface area contributed by atoms with Crippen molar-refractivity contribution in [2.75, 3.05) is 13.7 Å². The second-order valence-corrected chi connectivity index (χ2v) is 2.39. The highest BCUT2D eigenvalue weighted by atomic mass is 19.1. The van der Waals surface area contributed by atoms with Crippen LogP contribution in [0.25, 0.3) is 0 Å². The third kappa shape index (κ3) is 1.51. The van der Waals surface area contributed by atoms with Crippen LogP contribution >= 0.6 is 0 Å². The molecule has 0 unspecified atom stereocenters. The van der Waals surface area contributed by atoms with Gasteiger partial charge in [0.15, 0.2) is 12.5 Å². The molecular formula is C6H11FO4. The Morgan fingerprint density at radius 3 is 2.64 bits per heavy atom. The predicted molar refractivity (Wildman–Crippen MR) is 33.7 cm³/mol. The molecule has 4 atom stereocenters. The maximum Gasteiger partial charge on any atom is 0.189 e. The van der Waals surface area contributed by atoms with Crippen LogP contribution < -0.4 is 0 Å². The van der Waals surface area contributed by atoms with Gasteiger partial charge in [-0.25, -0.2) is 4.39 Å². The van der Waals surface area contributed by atoms with Crippen LogP contribution in [0.2, 0.25) is 0 Å². The van der Waals surface area contributed by atoms with Crippen LogP contribution in [-0.4, -0.2) is 48.6 Å². The maximum atomic E-state index is 12.8. The lowest BCUT2D eigenvalue weighted by molar-refractivity contribution is -0.121. The Bertz CT molecular complexity index is 132. The van der Waals surface area contributed by atoms with E-state index in [4.69, 9.17) is 10.2 Å². The zero-order valence-corrected chi connectivity index (χ0v) is 6.11. The normalized spacial score (nSPS) is 44.7. The van der Waals surface area contributed by atoms with Crippen molar-refractivity contribution in [2.45, 2.75) is 24.7 Å². The smallest absolute Gasteiger partial charge is 0.189 e. The van der Waals surface area contributed by atoms with Crippen molar-refractivity contribution in [1.29, 1.82) is 0 Å². The third-order valence-corrected chi connectivity index (χ3v) is 1.72. The number of alkyl halides is 1. The highest BCUT2D eigenvalue weighted by Gasteiger charge is 2.44. The molecule has 1 aliphatic rings. The van der Waals surface area contributed by atoms with Gasteiger partial charge in [0.25, 0.3) is 0 Å². The van der Waals surface area contributed by atoms with Crippen molar-refractivity contribution in [1.82, 2.24) is 0 Å². The van der Waals surface area contributed by atoms with Gasteiger partial charge in [0.2, 0.25) is 0 Å². The van der Waals surface area contributed by atoms with Crippen LogP contribution in [0.5, 0.6) is 0 Å². The minimum absolute atomic E-state index is 0.351. The summed E-state index contributed by atoms with van der Waals surface area (Å²) in [7, 11) is 1.31. The first kappa shape index (κ1) is 8.86. The number of hydrogen-bond donors (Lipinski definition) is 2. The van der Waals surface area contributed by atoms with E-state index in [0.717, 1.165) is 0 Å². The Hall–Kier alpha value is -0.230. The average molecular weight is 166 g/mol. The Balaban J connectivity index is 2.57. The molecule has 1 aliphatic heterocycles. The maximum absolute atomic E-state index is 12.8. The fourth-order valence-electron chi connectivity index (χ4n) is 1.13. The summed E-state index contributed by atoms with van der Waals surface area (Å²) in [6.07, 6.45) is -4.67. The minimum atomic E-state index is -1.57. The Morgan fingerprint density at radius 2 is 2.27 bits per heavy atom. The van der Waals surface area contributed by atoms with E-state index >= 15 is 0 Å². The first-order valence-electron chi connectivity index (χ1n) is 3.32. The molecule has 11 heavy (non-hydrogen) atoms. The van der Waals surface area contributed by atoms with E-state index in [1.165, 1.54) is 7.11 Å². The van der Waals surface area contributed by atoms with Crippen molar-refractivity contribution in [3.05, 3.63) is 0 Å². The van der Waals surface area contributed by atoms with Crippen molar-refractivity contribution in [3.63, 3.8) is 0 Å². The number of methoxy groups -OCH3 is 1. The molecular weight excluding hydrogens is 155 g/mol. The van der Waals surface area contributed by atoms with Gasteiger partial charge in [0, 0.05) is 7.11 Å². The lowest BCUT2D eigenvalue weighted by atomic mass is 10.2. The molecule has 0 aromatic rings. The number of ether oxygens (including phenoxy) is 2. The van der Waals surface area contributed by atoms with Gasteiger partial charge in [0.05, 0.1) is 6.61 Å². The van der Waals surface area contributed by atoms with Gasteiger partial charge in [-0.05, 0) is 0 Å². The molecule has 0 aromatic carbocycles. The first-order chi connectivity index (χ1) is 5.20. The highest BCUT2D eigenvalue weighted by Crippen LogP contribution is 2.24. The second-order valence-electron chi connectivity index (χ2n) is 2.39. The van der Waals surface area contributed by atoms with E-state index in [-0.39, 0.29) is 6.61 Å². The van der Waals surface area contributed by atoms with E-state index in [0.29, 0.717) is 0 Å². The van der Waals surface area contributed by atoms with E-state index in [2.05, 4.69) is 9.47 Å². The molecule has 0 saturated carbocycles. The number of aliphatic hydroxyl groups excluding tert-OH is 2. The fraction of sp³-hybridized carbons (Fsp3) is 1.00. The van der Waals surface area contributed by atoms with Crippen LogP contribution in [0.1, 0.15) is 0 Å². The van der Waals surface area contributed by atoms with Crippen molar-refractivity contribution >= 4 is 0 Å². The summed E-state index contributed by atoms with van der Waals surface area (Å²) in [4.78, 5) is 0. The Morgan fingerprint density at radius 1 is 1.64 bits per heavy atom. The summed E-state index contributed by atoms with van der Waals surface area (Å²) >= 11 is 0. The summed E-state index contributed by atoms with van der Waals surface area (Å²) in [6, 6.07) is 0. The first-order valence-corrected chi connectivity index (χ1v) is 3.32. The van der Waals surface area contributed by atoms with Crippen LogP contribution in [0.3, 0.4) is 0 Å². The lowest BCUT2D eigenvalue weighted by Crippen LogP contribution is -2.33. The molecule has 5 heteroatoms. The van der Waals surface area contributed by atoms with Crippen molar-refractivity contribution < 1.29 is 24.1 Å². The SMILES string of the molecule is CO[C@H]1[C@H](F)[C@@H](O)O[C@@H]1CO. The molecule has 2 N–H and O–H groups in total. The number of aliphatic hydroxyl groups is 2. The minimum Gasteiger partial charge on any atom is -0.394 e. The zero-order valence-electron chi connectivity index (χ0n) is 6.11. The molecule has 66 valence electrons. The molecule has 0 bridgehead atoms. The topological polar surface area (TPSA) is 58.9 Å². The number of rotatable bonds is 2. The third-order valence-electron chi connectivity index (χ3n) is 1.72. The van der Waals surface area contributed by atoms with Crippen LogP contribution in [0, 0.1) is 0 Å². The summed E-state index contributed by atoms with van der Waals surface area (Å²) in [5, 5.41) is 17.4. The monoisotopic (exact) mass is 166 g/mol.